The van der Waals surface area contributed by atoms with Crippen LogP contribution in [0.3, 0.4) is 0 Å². The lowest BCUT2D eigenvalue weighted by molar-refractivity contribution is 0.559. The molecule has 2 aromatic rings. The third-order valence-electron chi connectivity index (χ3n) is 2.71. The van der Waals surface area contributed by atoms with Gasteiger partial charge in [0.25, 0.3) is 0 Å². The summed E-state index contributed by atoms with van der Waals surface area (Å²) in [6.45, 7) is 2.66. The van der Waals surface area contributed by atoms with Gasteiger partial charge in [0, 0.05) is 12.6 Å². The van der Waals surface area contributed by atoms with Gasteiger partial charge in [0.1, 0.15) is 10.4 Å². The second-order valence-electron chi connectivity index (χ2n) is 4.11. The summed E-state index contributed by atoms with van der Waals surface area (Å²) in [5.74, 6) is -0.207. The summed E-state index contributed by atoms with van der Waals surface area (Å²) in [4.78, 5) is 4.34. The van der Waals surface area contributed by atoms with Crippen molar-refractivity contribution >= 4 is 15.9 Å². The van der Waals surface area contributed by atoms with Crippen molar-refractivity contribution in [3.05, 3.63) is 64.1 Å². The monoisotopic (exact) mass is 308 g/mol. The number of aromatic nitrogens is 1. The molecule has 0 aliphatic carbocycles. The van der Waals surface area contributed by atoms with Gasteiger partial charge in [-0.3, -0.25) is 0 Å². The smallest absolute Gasteiger partial charge is 0.123 e. The molecule has 1 heterocycles. The van der Waals surface area contributed by atoms with Gasteiger partial charge in [-0.1, -0.05) is 18.2 Å². The number of benzene rings is 1. The lowest BCUT2D eigenvalue weighted by atomic mass is 10.1. The van der Waals surface area contributed by atoms with E-state index in [0.717, 1.165) is 15.9 Å². The maximum Gasteiger partial charge on any atom is 0.123 e. The normalized spacial score (nSPS) is 12.4. The van der Waals surface area contributed by atoms with Gasteiger partial charge in [-0.05, 0) is 52.7 Å². The molecular weight excluding hydrogens is 295 g/mol. The number of nitrogens with one attached hydrogen (secondary N) is 1. The highest BCUT2D eigenvalue weighted by atomic mass is 79.9. The Morgan fingerprint density at radius 3 is 2.78 bits per heavy atom. The van der Waals surface area contributed by atoms with E-state index in [1.807, 2.05) is 31.2 Å². The van der Waals surface area contributed by atoms with Crippen LogP contribution in [0.25, 0.3) is 0 Å². The summed E-state index contributed by atoms with van der Waals surface area (Å²) >= 11 is 3.34. The van der Waals surface area contributed by atoms with E-state index < -0.39 is 0 Å². The molecule has 4 heteroatoms. The summed E-state index contributed by atoms with van der Waals surface area (Å²) in [5.41, 5.74) is 1.89. The van der Waals surface area contributed by atoms with Crippen LogP contribution in [0.2, 0.25) is 0 Å². The molecule has 94 valence electrons. The fourth-order valence-electron chi connectivity index (χ4n) is 1.70. The first-order valence-corrected chi connectivity index (χ1v) is 6.55. The molecule has 1 aromatic carbocycles. The predicted molar refractivity (Wildman–Crippen MR) is 73.6 cm³/mol. The molecular formula is C14H14BrFN2. The van der Waals surface area contributed by atoms with Gasteiger partial charge in [-0.25, -0.2) is 9.37 Å². The summed E-state index contributed by atoms with van der Waals surface area (Å²) < 4.78 is 13.9. The van der Waals surface area contributed by atoms with Crippen molar-refractivity contribution in [2.75, 3.05) is 0 Å². The molecule has 1 N–H and O–H groups in total. The van der Waals surface area contributed by atoms with Crippen molar-refractivity contribution in [3.63, 3.8) is 0 Å². The zero-order chi connectivity index (χ0) is 13.0. The average Bonchev–Trinajstić information content (AvgIpc) is 2.36. The minimum absolute atomic E-state index is 0.0847. The van der Waals surface area contributed by atoms with Crippen molar-refractivity contribution in [2.45, 2.75) is 19.5 Å². The van der Waals surface area contributed by atoms with Gasteiger partial charge in [0.15, 0.2) is 0 Å². The molecule has 1 atom stereocenters. The molecule has 0 unspecified atom stereocenters. The average molecular weight is 309 g/mol. The Kier molecular flexibility index (Phi) is 4.44. The summed E-state index contributed by atoms with van der Waals surface area (Å²) in [6.07, 6.45) is 0. The first-order valence-electron chi connectivity index (χ1n) is 5.75. The Labute approximate surface area is 114 Å². The highest BCUT2D eigenvalue weighted by molar-refractivity contribution is 9.10. The molecule has 2 nitrogen and oxygen atoms in total. The number of halogens is 2. The molecule has 0 bridgehead atoms. The Morgan fingerprint density at radius 1 is 1.28 bits per heavy atom. The van der Waals surface area contributed by atoms with Crippen LogP contribution in [-0.2, 0) is 6.54 Å². The van der Waals surface area contributed by atoms with E-state index in [1.54, 1.807) is 12.1 Å². The molecule has 0 radical (unpaired) electrons. The fraction of sp³-hybridized carbons (Fsp3) is 0.214. The third-order valence-corrected chi connectivity index (χ3v) is 3.15. The van der Waals surface area contributed by atoms with Crippen molar-refractivity contribution in [2.24, 2.45) is 0 Å². The molecule has 18 heavy (non-hydrogen) atoms. The number of rotatable bonds is 4. The van der Waals surface area contributed by atoms with E-state index >= 15 is 0 Å². The van der Waals surface area contributed by atoms with E-state index in [2.05, 4.69) is 26.2 Å². The Balaban J connectivity index is 1.98. The molecule has 0 spiro atoms. The molecule has 0 saturated heterocycles. The quantitative estimate of drug-likeness (QED) is 0.868. The fourth-order valence-corrected chi connectivity index (χ4v) is 2.08. The van der Waals surface area contributed by atoms with Gasteiger partial charge in [-0.2, -0.15) is 0 Å². The van der Waals surface area contributed by atoms with Crippen molar-refractivity contribution in [1.82, 2.24) is 10.3 Å². The number of hydrogen-bond donors (Lipinski definition) is 1. The lowest BCUT2D eigenvalue weighted by Gasteiger charge is -2.14. The molecule has 0 amide bonds. The molecule has 0 fully saturated rings. The lowest BCUT2D eigenvalue weighted by Crippen LogP contribution is -2.18. The van der Waals surface area contributed by atoms with Crippen LogP contribution < -0.4 is 5.32 Å². The predicted octanol–water partition coefficient (Wildman–Crippen LogP) is 3.83. The maximum absolute atomic E-state index is 13.1. The van der Waals surface area contributed by atoms with Crippen molar-refractivity contribution in [1.29, 1.82) is 0 Å². The first kappa shape index (κ1) is 13.2. The second-order valence-corrected chi connectivity index (χ2v) is 4.92. The number of pyridine rings is 1. The molecule has 2 rings (SSSR count). The van der Waals surface area contributed by atoms with Crippen LogP contribution in [0, 0.1) is 5.82 Å². The van der Waals surface area contributed by atoms with Crippen LogP contribution >= 0.6 is 15.9 Å². The van der Waals surface area contributed by atoms with E-state index in [1.165, 1.54) is 6.07 Å². The van der Waals surface area contributed by atoms with Crippen LogP contribution in [0.5, 0.6) is 0 Å². The van der Waals surface area contributed by atoms with Gasteiger partial charge >= 0.3 is 0 Å². The zero-order valence-electron chi connectivity index (χ0n) is 10.0. The Morgan fingerprint density at radius 2 is 2.06 bits per heavy atom. The topological polar surface area (TPSA) is 24.9 Å². The third kappa shape index (κ3) is 3.62. The van der Waals surface area contributed by atoms with Crippen molar-refractivity contribution in [3.8, 4) is 0 Å². The summed E-state index contributed by atoms with van der Waals surface area (Å²) in [6, 6.07) is 12.5. The Bertz CT molecular complexity index is 531. The standard InChI is InChI=1S/C14H14BrFN2/c1-10(11-4-2-5-12(16)8-11)17-9-13-6-3-7-14(15)18-13/h2-8,10,17H,9H2,1H3/t10-/m1/s1. The van der Waals surface area contributed by atoms with Crippen LogP contribution in [0.4, 0.5) is 4.39 Å². The van der Waals surface area contributed by atoms with Gasteiger partial charge in [0.2, 0.25) is 0 Å². The largest absolute Gasteiger partial charge is 0.305 e. The molecule has 0 saturated carbocycles. The van der Waals surface area contributed by atoms with E-state index in [-0.39, 0.29) is 11.9 Å². The van der Waals surface area contributed by atoms with Gasteiger partial charge in [-0.15, -0.1) is 0 Å². The molecule has 0 aliphatic rings. The van der Waals surface area contributed by atoms with Crippen LogP contribution in [0.15, 0.2) is 47.1 Å². The maximum atomic E-state index is 13.1. The van der Waals surface area contributed by atoms with Crippen LogP contribution in [-0.4, -0.2) is 4.98 Å². The van der Waals surface area contributed by atoms with E-state index in [4.69, 9.17) is 0 Å². The summed E-state index contributed by atoms with van der Waals surface area (Å²) in [5, 5.41) is 3.32. The van der Waals surface area contributed by atoms with E-state index in [9.17, 15) is 4.39 Å². The van der Waals surface area contributed by atoms with Crippen LogP contribution in [0.1, 0.15) is 24.2 Å². The molecule has 0 aliphatic heterocycles. The highest BCUT2D eigenvalue weighted by Gasteiger charge is 2.06. The number of hydrogen-bond acceptors (Lipinski definition) is 2. The first-order chi connectivity index (χ1) is 8.65. The highest BCUT2D eigenvalue weighted by Crippen LogP contribution is 2.14. The molecule has 1 aromatic heterocycles. The second kappa shape index (κ2) is 6.07. The summed E-state index contributed by atoms with van der Waals surface area (Å²) in [7, 11) is 0. The Hall–Kier alpha value is -1.26. The van der Waals surface area contributed by atoms with E-state index in [0.29, 0.717) is 6.54 Å². The minimum Gasteiger partial charge on any atom is -0.305 e. The SMILES string of the molecule is C[C@@H](NCc1cccc(Br)n1)c1cccc(F)c1. The minimum atomic E-state index is -0.207. The van der Waals surface area contributed by atoms with Crippen molar-refractivity contribution < 1.29 is 4.39 Å². The van der Waals surface area contributed by atoms with Gasteiger partial charge in [0.05, 0.1) is 5.69 Å². The van der Waals surface area contributed by atoms with Gasteiger partial charge < -0.3 is 5.32 Å². The zero-order valence-corrected chi connectivity index (χ0v) is 11.6. The number of nitrogens with zero attached hydrogens (tertiary/aromatic N) is 1.